The predicted molar refractivity (Wildman–Crippen MR) is 212 cm³/mol. The third-order valence-electron chi connectivity index (χ3n) is 12.6. The van der Waals surface area contributed by atoms with Crippen molar-refractivity contribution in [2.45, 2.75) is 134 Å². The largest absolute Gasteiger partial charge is 0.192 e. The van der Waals surface area contributed by atoms with E-state index in [1.54, 1.807) is 0 Å². The summed E-state index contributed by atoms with van der Waals surface area (Å²) >= 11 is 0. The van der Waals surface area contributed by atoms with E-state index in [1.165, 1.54) is 117 Å². The van der Waals surface area contributed by atoms with E-state index >= 15 is 0 Å². The van der Waals surface area contributed by atoms with Gasteiger partial charge in [0.2, 0.25) is 0 Å². The second-order valence-corrected chi connectivity index (χ2v) is 15.9. The molecular weight excluding hydrogens is 617 g/mol. The first kappa shape index (κ1) is 36.6. The van der Waals surface area contributed by atoms with Crippen molar-refractivity contribution in [2.75, 3.05) is 0 Å². The molecule has 0 amide bonds. The van der Waals surface area contributed by atoms with E-state index in [-0.39, 0.29) is 11.8 Å². The molecule has 0 spiro atoms. The maximum absolute atomic E-state index is 9.61. The summed E-state index contributed by atoms with van der Waals surface area (Å²) in [6, 6.07) is 40.4. The number of unbranched alkanes of at least 4 members (excludes halogenated alkanes) is 1. The molecule has 2 aliphatic rings. The summed E-state index contributed by atoms with van der Waals surface area (Å²) in [6.45, 7) is 4.63. The zero-order valence-corrected chi connectivity index (χ0v) is 31.2. The van der Waals surface area contributed by atoms with E-state index in [1.807, 2.05) is 24.3 Å². The van der Waals surface area contributed by atoms with Crippen molar-refractivity contribution in [1.29, 1.82) is 10.5 Å². The van der Waals surface area contributed by atoms with Crippen molar-refractivity contribution in [1.82, 2.24) is 0 Å². The van der Waals surface area contributed by atoms with Crippen molar-refractivity contribution < 1.29 is 0 Å². The van der Waals surface area contributed by atoms with E-state index in [9.17, 15) is 10.5 Å². The Balaban J connectivity index is 1.27. The normalized spacial score (nSPS) is 21.6. The highest BCUT2D eigenvalue weighted by atomic mass is 14.3. The average molecular weight is 675 g/mol. The Morgan fingerprint density at radius 3 is 1.31 bits per heavy atom. The van der Waals surface area contributed by atoms with Gasteiger partial charge in [0.1, 0.15) is 0 Å². The Bertz CT molecular complexity index is 1700. The number of hydrogen-bond donors (Lipinski definition) is 0. The third-order valence-corrected chi connectivity index (χ3v) is 12.6. The van der Waals surface area contributed by atoms with Crippen molar-refractivity contribution >= 4 is 0 Å². The van der Waals surface area contributed by atoms with Crippen LogP contribution < -0.4 is 0 Å². The highest BCUT2D eigenvalue weighted by molar-refractivity contribution is 5.40. The van der Waals surface area contributed by atoms with Crippen LogP contribution in [0.2, 0.25) is 0 Å². The van der Waals surface area contributed by atoms with Gasteiger partial charge in [0, 0.05) is 0 Å². The number of nitriles is 2. The van der Waals surface area contributed by atoms with E-state index in [2.05, 4.69) is 98.8 Å². The first-order valence-electron chi connectivity index (χ1n) is 20.2. The van der Waals surface area contributed by atoms with Gasteiger partial charge in [0.25, 0.3) is 0 Å². The minimum absolute atomic E-state index is 0.226. The van der Waals surface area contributed by atoms with Crippen molar-refractivity contribution in [2.24, 2.45) is 11.8 Å². The summed E-state index contributed by atoms with van der Waals surface area (Å²) in [5.74, 6) is 3.66. The quantitative estimate of drug-likeness (QED) is 0.134. The molecule has 2 unspecified atom stereocenters. The van der Waals surface area contributed by atoms with Crippen LogP contribution in [0, 0.1) is 34.5 Å². The van der Waals surface area contributed by atoms with Gasteiger partial charge >= 0.3 is 0 Å². The minimum Gasteiger partial charge on any atom is -0.192 e. The Hall–Kier alpha value is -4.14. The number of hydrogen-bond acceptors (Lipinski definition) is 2. The first-order chi connectivity index (χ1) is 25.1. The Morgan fingerprint density at radius 2 is 0.882 bits per heavy atom. The zero-order chi connectivity index (χ0) is 35.4. The van der Waals surface area contributed by atoms with Gasteiger partial charge in [-0.05, 0) is 157 Å². The SMILES string of the molecule is CCCCC1CCC(c2ccc(CC(c3ccc(C#N)cc3)C(Cc3ccc(C#N)cc3)c3ccc(C4CCC(CCC)CC4)cc3)cc2)CC1. The monoisotopic (exact) mass is 674 g/mol. The summed E-state index contributed by atoms with van der Waals surface area (Å²) in [5, 5.41) is 19.1. The zero-order valence-electron chi connectivity index (χ0n) is 31.2. The number of benzene rings is 4. The van der Waals surface area contributed by atoms with E-state index < -0.39 is 0 Å². The van der Waals surface area contributed by atoms with Crippen LogP contribution in [0.4, 0.5) is 0 Å². The van der Waals surface area contributed by atoms with Crippen LogP contribution in [0.15, 0.2) is 97.1 Å². The summed E-state index contributed by atoms with van der Waals surface area (Å²) in [4.78, 5) is 0. The molecule has 4 aromatic rings. The minimum atomic E-state index is 0.226. The molecular formula is C49H58N2. The maximum atomic E-state index is 9.61. The lowest BCUT2D eigenvalue weighted by atomic mass is 9.73. The molecule has 2 fully saturated rings. The smallest absolute Gasteiger partial charge is 0.0991 e. The Labute approximate surface area is 308 Å². The van der Waals surface area contributed by atoms with Crippen LogP contribution in [0.25, 0.3) is 0 Å². The fraction of sp³-hybridized carbons (Fsp3) is 0.469. The third kappa shape index (κ3) is 9.80. The van der Waals surface area contributed by atoms with Crippen LogP contribution >= 0.6 is 0 Å². The molecule has 4 aromatic carbocycles. The van der Waals surface area contributed by atoms with Gasteiger partial charge in [-0.1, -0.05) is 119 Å². The molecule has 2 saturated carbocycles. The molecule has 0 N–H and O–H groups in total. The van der Waals surface area contributed by atoms with Crippen LogP contribution in [0.5, 0.6) is 0 Å². The van der Waals surface area contributed by atoms with Crippen LogP contribution in [0.3, 0.4) is 0 Å². The lowest BCUT2D eigenvalue weighted by Crippen LogP contribution is -2.18. The van der Waals surface area contributed by atoms with Gasteiger partial charge in [-0.3, -0.25) is 0 Å². The topological polar surface area (TPSA) is 47.6 Å². The molecule has 2 heteroatoms. The predicted octanol–water partition coefficient (Wildman–Crippen LogP) is 13.3. The lowest BCUT2D eigenvalue weighted by molar-refractivity contribution is 0.304. The summed E-state index contributed by atoms with van der Waals surface area (Å²) in [5.41, 5.74) is 9.68. The molecule has 2 aliphatic carbocycles. The molecule has 0 aliphatic heterocycles. The molecule has 264 valence electrons. The van der Waals surface area contributed by atoms with Gasteiger partial charge in [0.05, 0.1) is 23.3 Å². The average Bonchev–Trinajstić information content (AvgIpc) is 3.20. The molecule has 0 heterocycles. The van der Waals surface area contributed by atoms with Gasteiger partial charge in [-0.2, -0.15) is 10.5 Å². The highest BCUT2D eigenvalue weighted by Gasteiger charge is 2.28. The van der Waals surface area contributed by atoms with Crippen molar-refractivity contribution in [3.63, 3.8) is 0 Å². The van der Waals surface area contributed by atoms with E-state index in [0.717, 1.165) is 24.7 Å². The molecule has 0 saturated heterocycles. The second-order valence-electron chi connectivity index (χ2n) is 15.9. The Morgan fingerprint density at radius 1 is 0.490 bits per heavy atom. The second kappa shape index (κ2) is 18.4. The van der Waals surface area contributed by atoms with Crippen LogP contribution in [0.1, 0.15) is 165 Å². The fourth-order valence-corrected chi connectivity index (χ4v) is 9.42. The standard InChI is InChI=1S/C49H58N2/c1-3-5-7-37-14-22-42(23-15-37)44-24-16-39(17-25-44)33-48(46-26-18-41(35-51)19-27-46)49(32-38-8-10-40(34-50)11-9-38)47-30-28-45(29-31-47)43-20-12-36(6-4-2)13-21-43/h8-11,16-19,24-31,36-37,42-43,48-49H,3-7,12-15,20-23,32-33H2,1-2H3. The first-order valence-corrected chi connectivity index (χ1v) is 20.2. The fourth-order valence-electron chi connectivity index (χ4n) is 9.42. The maximum Gasteiger partial charge on any atom is 0.0991 e. The van der Waals surface area contributed by atoms with Crippen molar-refractivity contribution in [3.05, 3.63) is 142 Å². The number of nitrogens with zero attached hydrogens (tertiary/aromatic N) is 2. The molecule has 0 aromatic heterocycles. The van der Waals surface area contributed by atoms with Crippen molar-refractivity contribution in [3.8, 4) is 12.1 Å². The number of rotatable bonds is 14. The lowest BCUT2D eigenvalue weighted by Gasteiger charge is -2.31. The molecule has 0 bridgehead atoms. The van der Waals surface area contributed by atoms with E-state index in [4.69, 9.17) is 0 Å². The van der Waals surface area contributed by atoms with Gasteiger partial charge in [-0.15, -0.1) is 0 Å². The Kier molecular flexibility index (Phi) is 13.2. The highest BCUT2D eigenvalue weighted by Crippen LogP contribution is 2.42. The van der Waals surface area contributed by atoms with Gasteiger partial charge in [-0.25, -0.2) is 0 Å². The van der Waals surface area contributed by atoms with Crippen LogP contribution in [-0.4, -0.2) is 0 Å². The molecule has 2 atom stereocenters. The molecule has 6 rings (SSSR count). The summed E-state index contributed by atoms with van der Waals surface area (Å²) in [7, 11) is 0. The van der Waals surface area contributed by atoms with E-state index in [0.29, 0.717) is 23.0 Å². The molecule has 51 heavy (non-hydrogen) atoms. The van der Waals surface area contributed by atoms with Crippen LogP contribution in [-0.2, 0) is 12.8 Å². The molecule has 0 radical (unpaired) electrons. The van der Waals surface area contributed by atoms with Gasteiger partial charge in [0.15, 0.2) is 0 Å². The van der Waals surface area contributed by atoms with Gasteiger partial charge < -0.3 is 0 Å². The summed E-state index contributed by atoms with van der Waals surface area (Å²) in [6.07, 6.45) is 19.3. The molecule has 2 nitrogen and oxygen atoms in total. The summed E-state index contributed by atoms with van der Waals surface area (Å²) < 4.78 is 0.